The minimum absolute atomic E-state index is 0.179. The summed E-state index contributed by atoms with van der Waals surface area (Å²) >= 11 is 0. The lowest BCUT2D eigenvalue weighted by atomic mass is 10.2. The van der Waals surface area contributed by atoms with Gasteiger partial charge in [-0.2, -0.15) is 5.10 Å². The molecule has 1 unspecified atom stereocenters. The Morgan fingerprint density at radius 3 is 2.72 bits per heavy atom. The van der Waals surface area contributed by atoms with E-state index in [0.717, 1.165) is 11.3 Å². The van der Waals surface area contributed by atoms with Crippen LogP contribution in [0.5, 0.6) is 0 Å². The number of nitrogens with one attached hydrogen (secondary N) is 1. The smallest absolute Gasteiger partial charge is 0.315 e. The van der Waals surface area contributed by atoms with Gasteiger partial charge in [-0.05, 0) is 19.3 Å². The highest BCUT2D eigenvalue weighted by Gasteiger charge is 2.31. The van der Waals surface area contributed by atoms with Gasteiger partial charge in [0, 0.05) is 19.8 Å². The Morgan fingerprint density at radius 2 is 2.22 bits per heavy atom. The zero-order valence-corrected chi connectivity index (χ0v) is 11.5. The lowest BCUT2D eigenvalue weighted by Crippen LogP contribution is -2.58. The van der Waals surface area contributed by atoms with E-state index in [1.807, 2.05) is 13.1 Å². The molecule has 6 nitrogen and oxygen atoms in total. The fraction of sp³-hybridized carbons (Fsp3) is 0.750. The Balaban J connectivity index is 2.63. The van der Waals surface area contributed by atoms with Crippen molar-refractivity contribution in [2.24, 2.45) is 11.0 Å². The lowest BCUT2D eigenvalue weighted by Gasteiger charge is -2.34. The molecule has 18 heavy (non-hydrogen) atoms. The average Bonchev–Trinajstić information content (AvgIpc) is 2.30. The predicted molar refractivity (Wildman–Crippen MR) is 70.0 cm³/mol. The summed E-state index contributed by atoms with van der Waals surface area (Å²) in [4.78, 5) is 24.2. The number of carbonyl (C=O) groups excluding carboxylic acids is 2. The maximum Gasteiger partial charge on any atom is 0.325 e. The highest BCUT2D eigenvalue weighted by molar-refractivity contribution is 5.96. The van der Waals surface area contributed by atoms with Crippen LogP contribution in [-0.2, 0) is 4.79 Å². The monoisotopic (exact) mass is 254 g/mol. The van der Waals surface area contributed by atoms with Crippen LogP contribution >= 0.6 is 0 Å². The van der Waals surface area contributed by atoms with Crippen molar-refractivity contribution in [3.8, 4) is 0 Å². The number of amides is 3. The summed E-state index contributed by atoms with van der Waals surface area (Å²) in [6, 6.07) is -0.367. The Bertz CT molecular complexity index is 323. The van der Waals surface area contributed by atoms with Gasteiger partial charge in [0.1, 0.15) is 6.17 Å². The maximum atomic E-state index is 11.6. The van der Waals surface area contributed by atoms with Gasteiger partial charge >= 0.3 is 6.03 Å². The van der Waals surface area contributed by atoms with Gasteiger partial charge in [-0.25, -0.2) is 4.79 Å². The third kappa shape index (κ3) is 3.72. The van der Waals surface area contributed by atoms with E-state index in [-0.39, 0.29) is 24.5 Å². The summed E-state index contributed by atoms with van der Waals surface area (Å²) in [5.41, 5.74) is 0. The third-order valence-electron chi connectivity index (χ3n) is 2.83. The van der Waals surface area contributed by atoms with Crippen LogP contribution < -0.4 is 5.32 Å². The molecule has 102 valence electrons. The normalized spacial score (nSPS) is 20.7. The molecule has 0 aromatic carbocycles. The summed E-state index contributed by atoms with van der Waals surface area (Å²) in [7, 11) is 1.48. The van der Waals surface area contributed by atoms with E-state index in [9.17, 15) is 9.59 Å². The van der Waals surface area contributed by atoms with Crippen LogP contribution in [-0.4, -0.2) is 47.8 Å². The number of imide groups is 1. The van der Waals surface area contributed by atoms with Crippen molar-refractivity contribution >= 4 is 18.2 Å². The van der Waals surface area contributed by atoms with Crippen LogP contribution in [0.1, 0.15) is 33.6 Å². The van der Waals surface area contributed by atoms with Crippen LogP contribution in [0.2, 0.25) is 0 Å². The number of rotatable bonds is 5. The van der Waals surface area contributed by atoms with Crippen LogP contribution in [0, 0.1) is 5.92 Å². The summed E-state index contributed by atoms with van der Waals surface area (Å²) in [5, 5.41) is 8.83. The van der Waals surface area contributed by atoms with Gasteiger partial charge in [0.15, 0.2) is 0 Å². The van der Waals surface area contributed by atoms with Crippen molar-refractivity contribution in [1.82, 2.24) is 15.2 Å². The number of hydrazone groups is 1. The van der Waals surface area contributed by atoms with Crippen molar-refractivity contribution in [2.45, 2.75) is 39.8 Å². The average molecular weight is 254 g/mol. The molecule has 1 fully saturated rings. The van der Waals surface area contributed by atoms with Gasteiger partial charge in [-0.15, -0.1) is 0 Å². The summed E-state index contributed by atoms with van der Waals surface area (Å²) in [6.07, 6.45) is 2.64. The molecule has 0 bridgehead atoms. The van der Waals surface area contributed by atoms with Crippen molar-refractivity contribution in [3.05, 3.63) is 0 Å². The molecule has 1 aliphatic rings. The van der Waals surface area contributed by atoms with Gasteiger partial charge in [0.2, 0.25) is 5.91 Å². The quantitative estimate of drug-likeness (QED) is 0.593. The Labute approximate surface area is 108 Å². The number of hydrogen-bond acceptors (Lipinski definition) is 4. The van der Waals surface area contributed by atoms with Crippen molar-refractivity contribution in [1.29, 1.82) is 0 Å². The van der Waals surface area contributed by atoms with E-state index in [4.69, 9.17) is 0 Å². The fourth-order valence-corrected chi connectivity index (χ4v) is 1.63. The minimum Gasteiger partial charge on any atom is -0.315 e. The predicted octanol–water partition coefficient (Wildman–Crippen LogP) is 1.24. The maximum absolute atomic E-state index is 11.6. The van der Waals surface area contributed by atoms with Gasteiger partial charge in [-0.3, -0.25) is 14.7 Å². The topological polar surface area (TPSA) is 65.0 Å². The Hall–Kier alpha value is -1.59. The fourth-order valence-electron chi connectivity index (χ4n) is 1.63. The molecule has 1 saturated heterocycles. The standard InChI is InChI=1S/C12H22N4O2/c1-5-16(13-7-6-9(2)3)10-8-11(17)15(4)12(18)14-10/h7,9-10H,5-6,8H2,1-4H3,(H,14,18)/b13-7+. The molecule has 1 N–H and O–H groups in total. The van der Waals surface area contributed by atoms with Gasteiger partial charge in [0.05, 0.1) is 6.42 Å². The molecule has 1 heterocycles. The molecule has 0 radical (unpaired) electrons. The first kappa shape index (κ1) is 14.5. The molecule has 0 saturated carbocycles. The zero-order chi connectivity index (χ0) is 13.7. The van der Waals surface area contributed by atoms with Gasteiger partial charge < -0.3 is 5.32 Å². The largest absolute Gasteiger partial charge is 0.325 e. The Morgan fingerprint density at radius 1 is 1.56 bits per heavy atom. The molecule has 0 aromatic rings. The molecule has 1 atom stereocenters. The molecule has 0 aliphatic carbocycles. The molecular formula is C12H22N4O2. The van der Waals surface area contributed by atoms with Crippen LogP contribution in [0.4, 0.5) is 4.79 Å². The number of urea groups is 1. The third-order valence-corrected chi connectivity index (χ3v) is 2.83. The Kier molecular flexibility index (Phi) is 5.12. The number of nitrogens with zero attached hydrogens (tertiary/aromatic N) is 3. The molecule has 6 heteroatoms. The van der Waals surface area contributed by atoms with E-state index in [1.165, 1.54) is 7.05 Å². The second-order valence-corrected chi connectivity index (χ2v) is 4.81. The van der Waals surface area contributed by atoms with Crippen molar-refractivity contribution < 1.29 is 9.59 Å². The number of carbonyl (C=O) groups is 2. The van der Waals surface area contributed by atoms with Crippen LogP contribution in [0.15, 0.2) is 5.10 Å². The van der Waals surface area contributed by atoms with Gasteiger partial charge in [0.25, 0.3) is 0 Å². The molecule has 1 aliphatic heterocycles. The summed E-state index contributed by atoms with van der Waals surface area (Å²) in [5.74, 6) is 0.363. The van der Waals surface area contributed by atoms with E-state index >= 15 is 0 Å². The first-order valence-corrected chi connectivity index (χ1v) is 6.31. The SMILES string of the molecule is CCN(/N=C/CC(C)C)C1CC(=O)N(C)C(=O)N1. The highest BCUT2D eigenvalue weighted by atomic mass is 16.2. The molecule has 0 aromatic heterocycles. The molecule has 1 rings (SSSR count). The molecule has 3 amide bonds. The second kappa shape index (κ2) is 6.37. The second-order valence-electron chi connectivity index (χ2n) is 4.81. The van der Waals surface area contributed by atoms with E-state index in [1.54, 1.807) is 5.01 Å². The summed E-state index contributed by atoms with van der Waals surface area (Å²) in [6.45, 7) is 6.82. The summed E-state index contributed by atoms with van der Waals surface area (Å²) < 4.78 is 0. The highest BCUT2D eigenvalue weighted by Crippen LogP contribution is 2.10. The van der Waals surface area contributed by atoms with Crippen LogP contribution in [0.25, 0.3) is 0 Å². The van der Waals surface area contributed by atoms with E-state index in [0.29, 0.717) is 12.5 Å². The van der Waals surface area contributed by atoms with Crippen molar-refractivity contribution in [2.75, 3.05) is 13.6 Å². The first-order chi connectivity index (χ1) is 8.45. The van der Waals surface area contributed by atoms with Crippen molar-refractivity contribution in [3.63, 3.8) is 0 Å². The van der Waals surface area contributed by atoms with Gasteiger partial charge in [-0.1, -0.05) is 13.8 Å². The van der Waals surface area contributed by atoms with E-state index < -0.39 is 0 Å². The molecular weight excluding hydrogens is 232 g/mol. The van der Waals surface area contributed by atoms with E-state index in [2.05, 4.69) is 24.3 Å². The zero-order valence-electron chi connectivity index (χ0n) is 11.5. The minimum atomic E-state index is -0.367. The lowest BCUT2D eigenvalue weighted by molar-refractivity contribution is -0.130. The molecule has 0 spiro atoms. The number of hydrogen-bond donors (Lipinski definition) is 1. The van der Waals surface area contributed by atoms with Crippen LogP contribution in [0.3, 0.4) is 0 Å². The first-order valence-electron chi connectivity index (χ1n) is 6.31.